The molecule has 2 rings (SSSR count). The van der Waals surface area contributed by atoms with Gasteiger partial charge in [-0.1, -0.05) is 22.0 Å². The Balaban J connectivity index is 1.96. The topological polar surface area (TPSA) is 27.3 Å². The van der Waals surface area contributed by atoms with Crippen LogP contribution in [-0.2, 0) is 0 Å². The van der Waals surface area contributed by atoms with Gasteiger partial charge in [-0.3, -0.25) is 0 Å². The fraction of sp³-hybridized carbons (Fsp3) is 0.364. The van der Waals surface area contributed by atoms with E-state index in [9.17, 15) is 0 Å². The van der Waals surface area contributed by atoms with E-state index in [-0.39, 0.29) is 0 Å². The van der Waals surface area contributed by atoms with Crippen LogP contribution < -0.4 is 10.6 Å². The number of thiocarbonyl (C=S) groups is 1. The minimum atomic E-state index is 0.805. The van der Waals surface area contributed by atoms with Crippen molar-refractivity contribution in [1.29, 1.82) is 0 Å². The van der Waals surface area contributed by atoms with Gasteiger partial charge in [0.1, 0.15) is 0 Å². The minimum Gasteiger partial charge on any atom is -0.346 e. The van der Waals surface area contributed by atoms with Gasteiger partial charge in [-0.2, -0.15) is 0 Å². The summed E-state index contributed by atoms with van der Waals surface area (Å²) in [6.07, 6.45) is 0. The van der Waals surface area contributed by atoms with Crippen LogP contribution in [0.15, 0.2) is 28.7 Å². The van der Waals surface area contributed by atoms with E-state index in [4.69, 9.17) is 12.2 Å². The standard InChI is InChI=1S/C11H14BrN3S/c12-9-2-1-3-10(8-9)14-11(16)15-6-4-13-5-7-15/h1-3,8,13H,4-7H2,(H,14,16). The second-order valence-electron chi connectivity index (χ2n) is 3.68. The first-order valence-corrected chi connectivity index (χ1v) is 6.48. The van der Waals surface area contributed by atoms with E-state index >= 15 is 0 Å². The predicted molar refractivity (Wildman–Crippen MR) is 74.8 cm³/mol. The number of anilines is 1. The lowest BCUT2D eigenvalue weighted by atomic mass is 10.3. The van der Waals surface area contributed by atoms with Gasteiger partial charge >= 0.3 is 0 Å². The zero-order chi connectivity index (χ0) is 11.4. The maximum atomic E-state index is 5.37. The SMILES string of the molecule is S=C(Nc1cccc(Br)c1)N1CCNCC1. The van der Waals surface area contributed by atoms with E-state index in [2.05, 4.69) is 31.5 Å². The normalized spacial score (nSPS) is 15.9. The molecule has 16 heavy (non-hydrogen) atoms. The lowest BCUT2D eigenvalue weighted by Crippen LogP contribution is -2.47. The lowest BCUT2D eigenvalue weighted by molar-refractivity contribution is 0.362. The molecule has 0 unspecified atom stereocenters. The van der Waals surface area contributed by atoms with Gasteiger partial charge in [0.25, 0.3) is 0 Å². The maximum absolute atomic E-state index is 5.37. The largest absolute Gasteiger partial charge is 0.346 e. The third-order valence-electron chi connectivity index (χ3n) is 2.48. The molecule has 0 saturated carbocycles. The first kappa shape index (κ1) is 11.8. The number of hydrogen-bond donors (Lipinski definition) is 2. The fourth-order valence-electron chi connectivity index (χ4n) is 1.64. The Morgan fingerprint density at radius 1 is 1.38 bits per heavy atom. The van der Waals surface area contributed by atoms with Crippen molar-refractivity contribution in [2.45, 2.75) is 0 Å². The Bertz CT molecular complexity index is 377. The molecule has 1 aliphatic heterocycles. The molecule has 0 spiro atoms. The third-order valence-corrected chi connectivity index (χ3v) is 3.33. The number of piperazine rings is 1. The molecule has 1 aromatic carbocycles. The van der Waals surface area contributed by atoms with Gasteiger partial charge < -0.3 is 15.5 Å². The van der Waals surface area contributed by atoms with Gasteiger partial charge in [0.05, 0.1) is 0 Å². The van der Waals surface area contributed by atoms with Crippen LogP contribution in [0.4, 0.5) is 5.69 Å². The summed E-state index contributed by atoms with van der Waals surface area (Å²) in [4.78, 5) is 2.19. The zero-order valence-corrected chi connectivity index (χ0v) is 11.3. The van der Waals surface area contributed by atoms with Crippen molar-refractivity contribution in [2.24, 2.45) is 0 Å². The maximum Gasteiger partial charge on any atom is 0.173 e. The van der Waals surface area contributed by atoms with Crippen LogP contribution in [0.3, 0.4) is 0 Å². The molecular formula is C11H14BrN3S. The molecule has 5 heteroatoms. The van der Waals surface area contributed by atoms with Gasteiger partial charge in [0.2, 0.25) is 0 Å². The van der Waals surface area contributed by atoms with Gasteiger partial charge in [-0.05, 0) is 30.4 Å². The fourth-order valence-corrected chi connectivity index (χ4v) is 2.34. The van der Waals surface area contributed by atoms with Gasteiger partial charge in [-0.25, -0.2) is 0 Å². The number of nitrogens with zero attached hydrogens (tertiary/aromatic N) is 1. The lowest BCUT2D eigenvalue weighted by Gasteiger charge is -2.29. The predicted octanol–water partition coefficient (Wildman–Crippen LogP) is 2.05. The Morgan fingerprint density at radius 2 is 2.12 bits per heavy atom. The molecule has 1 saturated heterocycles. The summed E-state index contributed by atoms with van der Waals surface area (Å²) in [7, 11) is 0. The average molecular weight is 300 g/mol. The highest BCUT2D eigenvalue weighted by Crippen LogP contribution is 2.16. The molecule has 0 bridgehead atoms. The summed E-state index contributed by atoms with van der Waals surface area (Å²) in [5.74, 6) is 0. The molecule has 0 aliphatic carbocycles. The molecule has 1 fully saturated rings. The van der Waals surface area contributed by atoms with E-state index in [0.717, 1.165) is 41.5 Å². The Labute approximate surface area is 109 Å². The number of hydrogen-bond acceptors (Lipinski definition) is 2. The van der Waals surface area contributed by atoms with Gasteiger partial charge in [-0.15, -0.1) is 0 Å². The second-order valence-corrected chi connectivity index (χ2v) is 4.98. The molecule has 0 atom stereocenters. The Morgan fingerprint density at radius 3 is 2.81 bits per heavy atom. The van der Waals surface area contributed by atoms with Crippen molar-refractivity contribution >= 4 is 38.9 Å². The highest BCUT2D eigenvalue weighted by Gasteiger charge is 2.12. The summed E-state index contributed by atoms with van der Waals surface area (Å²) >= 11 is 8.81. The summed E-state index contributed by atoms with van der Waals surface area (Å²) in [6, 6.07) is 8.03. The highest BCUT2D eigenvalue weighted by molar-refractivity contribution is 9.10. The highest BCUT2D eigenvalue weighted by atomic mass is 79.9. The molecule has 86 valence electrons. The van der Waals surface area contributed by atoms with E-state index in [1.54, 1.807) is 0 Å². The molecule has 1 heterocycles. The number of benzene rings is 1. The van der Waals surface area contributed by atoms with Crippen LogP contribution in [0.1, 0.15) is 0 Å². The average Bonchev–Trinajstić information content (AvgIpc) is 2.30. The number of halogens is 1. The second kappa shape index (κ2) is 5.61. The van der Waals surface area contributed by atoms with Crippen LogP contribution in [0.25, 0.3) is 0 Å². The smallest absolute Gasteiger partial charge is 0.173 e. The van der Waals surface area contributed by atoms with Crippen molar-refractivity contribution in [3.05, 3.63) is 28.7 Å². The van der Waals surface area contributed by atoms with Crippen LogP contribution in [0.5, 0.6) is 0 Å². The van der Waals surface area contributed by atoms with Crippen molar-refractivity contribution in [3.63, 3.8) is 0 Å². The van der Waals surface area contributed by atoms with E-state index in [1.807, 2.05) is 24.3 Å². The summed E-state index contributed by atoms with van der Waals surface area (Å²) in [6.45, 7) is 3.94. The van der Waals surface area contributed by atoms with Crippen molar-refractivity contribution < 1.29 is 0 Å². The van der Waals surface area contributed by atoms with Crippen LogP contribution in [0.2, 0.25) is 0 Å². The molecule has 0 amide bonds. The van der Waals surface area contributed by atoms with Gasteiger partial charge in [0, 0.05) is 36.3 Å². The molecule has 3 nitrogen and oxygen atoms in total. The monoisotopic (exact) mass is 299 g/mol. The molecule has 1 aliphatic rings. The quantitative estimate of drug-likeness (QED) is 0.776. The van der Waals surface area contributed by atoms with E-state index in [1.165, 1.54) is 0 Å². The van der Waals surface area contributed by atoms with Crippen molar-refractivity contribution in [2.75, 3.05) is 31.5 Å². The van der Waals surface area contributed by atoms with Crippen LogP contribution in [0, 0.1) is 0 Å². The Hall–Kier alpha value is -0.650. The van der Waals surface area contributed by atoms with Gasteiger partial charge in [0.15, 0.2) is 5.11 Å². The first-order valence-electron chi connectivity index (χ1n) is 5.28. The number of nitrogens with one attached hydrogen (secondary N) is 2. The summed E-state index contributed by atoms with van der Waals surface area (Å²) in [5, 5.41) is 7.36. The Kier molecular flexibility index (Phi) is 4.15. The first-order chi connectivity index (χ1) is 7.75. The zero-order valence-electron chi connectivity index (χ0n) is 8.87. The summed E-state index contributed by atoms with van der Waals surface area (Å²) in [5.41, 5.74) is 1.03. The minimum absolute atomic E-state index is 0.805. The van der Waals surface area contributed by atoms with Crippen molar-refractivity contribution in [3.8, 4) is 0 Å². The molecular weight excluding hydrogens is 286 g/mol. The van der Waals surface area contributed by atoms with Crippen LogP contribution in [-0.4, -0.2) is 36.2 Å². The molecule has 1 aromatic rings. The van der Waals surface area contributed by atoms with Crippen molar-refractivity contribution in [1.82, 2.24) is 10.2 Å². The number of rotatable bonds is 1. The van der Waals surface area contributed by atoms with E-state index < -0.39 is 0 Å². The van der Waals surface area contributed by atoms with Crippen LogP contribution >= 0.6 is 28.1 Å². The summed E-state index contributed by atoms with van der Waals surface area (Å²) < 4.78 is 1.06. The third kappa shape index (κ3) is 3.17. The molecule has 0 aromatic heterocycles. The molecule has 2 N–H and O–H groups in total. The molecule has 0 radical (unpaired) electrons. The van der Waals surface area contributed by atoms with E-state index in [0.29, 0.717) is 0 Å².